The van der Waals surface area contributed by atoms with Crippen molar-refractivity contribution in [3.05, 3.63) is 26.0 Å². The second kappa shape index (κ2) is 5.51. The summed E-state index contributed by atoms with van der Waals surface area (Å²) in [4.78, 5) is 11.5. The maximum absolute atomic E-state index is 13.7. The normalized spacial score (nSPS) is 11.2. The zero-order chi connectivity index (χ0) is 13.2. The van der Waals surface area contributed by atoms with Gasteiger partial charge < -0.3 is 4.74 Å². The van der Waals surface area contributed by atoms with Crippen LogP contribution in [0, 0.1) is 9.39 Å². The van der Waals surface area contributed by atoms with Gasteiger partial charge in [-0.2, -0.15) is 0 Å². The van der Waals surface area contributed by atoms with E-state index in [-0.39, 0.29) is 5.69 Å². The second-order valence-electron chi connectivity index (χ2n) is 4.35. The molecule has 0 unspecified atom stereocenters. The number of ether oxygens (including phenoxy) is 1. The Morgan fingerprint density at radius 2 is 2.06 bits per heavy atom. The zero-order valence-electron chi connectivity index (χ0n) is 9.61. The molecule has 3 nitrogen and oxygen atoms in total. The number of carbonyl (C=O) groups excluding carboxylic acids is 1. The van der Waals surface area contributed by atoms with Crippen LogP contribution in [-0.2, 0) is 4.74 Å². The highest BCUT2D eigenvalue weighted by molar-refractivity contribution is 14.1. The van der Waals surface area contributed by atoms with Crippen molar-refractivity contribution in [1.82, 2.24) is 0 Å². The quantitative estimate of drug-likeness (QED) is 0.540. The Morgan fingerprint density at radius 1 is 1.47 bits per heavy atom. The van der Waals surface area contributed by atoms with Gasteiger partial charge in [-0.05, 0) is 71.4 Å². The molecule has 1 N–H and O–H groups in total. The van der Waals surface area contributed by atoms with E-state index in [1.165, 1.54) is 0 Å². The number of hydrogen-bond acceptors (Lipinski definition) is 2. The van der Waals surface area contributed by atoms with E-state index in [0.29, 0.717) is 8.04 Å². The molecule has 0 atom stereocenters. The summed E-state index contributed by atoms with van der Waals surface area (Å²) in [5.41, 5.74) is -0.527. The summed E-state index contributed by atoms with van der Waals surface area (Å²) in [6.45, 7) is 5.23. The average Bonchev–Trinajstić information content (AvgIpc) is 2.16. The van der Waals surface area contributed by atoms with Crippen molar-refractivity contribution in [2.45, 2.75) is 26.4 Å². The van der Waals surface area contributed by atoms with Crippen LogP contribution in [0.3, 0.4) is 0 Å². The Balaban J connectivity index is 2.89. The highest BCUT2D eigenvalue weighted by Crippen LogP contribution is 2.29. The fourth-order valence-corrected chi connectivity index (χ4v) is 1.90. The number of carbonyl (C=O) groups is 1. The van der Waals surface area contributed by atoms with Gasteiger partial charge in [0.05, 0.1) is 9.26 Å². The monoisotopic (exact) mass is 415 g/mol. The maximum atomic E-state index is 13.7. The fraction of sp³-hybridized carbons (Fsp3) is 0.364. The van der Waals surface area contributed by atoms with Crippen molar-refractivity contribution in [3.63, 3.8) is 0 Å². The number of rotatable bonds is 1. The molecule has 1 amide bonds. The van der Waals surface area contributed by atoms with Gasteiger partial charge in [-0.15, -0.1) is 0 Å². The number of halogens is 3. The SMILES string of the molecule is CC(C)(C)OC(=O)Nc1c(Br)ccc(I)c1F. The number of anilines is 1. The van der Waals surface area contributed by atoms with E-state index in [1.807, 2.05) is 22.6 Å². The minimum Gasteiger partial charge on any atom is -0.444 e. The molecule has 1 rings (SSSR count). The van der Waals surface area contributed by atoms with Gasteiger partial charge in [0, 0.05) is 4.47 Å². The minimum atomic E-state index is -0.681. The summed E-state index contributed by atoms with van der Waals surface area (Å²) in [6.07, 6.45) is -0.681. The molecule has 1 aromatic carbocycles. The first kappa shape index (κ1) is 14.7. The summed E-state index contributed by atoms with van der Waals surface area (Å²) < 4.78 is 19.7. The Hall–Kier alpha value is -0.370. The van der Waals surface area contributed by atoms with E-state index in [2.05, 4.69) is 21.2 Å². The van der Waals surface area contributed by atoms with E-state index in [9.17, 15) is 9.18 Å². The summed E-state index contributed by atoms with van der Waals surface area (Å²) >= 11 is 5.03. The fourth-order valence-electron chi connectivity index (χ4n) is 1.05. The lowest BCUT2D eigenvalue weighted by Gasteiger charge is -2.20. The molecule has 0 saturated heterocycles. The molecule has 0 aromatic heterocycles. The molecule has 0 aliphatic rings. The van der Waals surface area contributed by atoms with Gasteiger partial charge in [-0.25, -0.2) is 9.18 Å². The Kier molecular flexibility index (Phi) is 4.77. The number of nitrogens with one attached hydrogen (secondary N) is 1. The predicted octanol–water partition coefficient (Wildman–Crippen LogP) is 4.54. The maximum Gasteiger partial charge on any atom is 0.412 e. The van der Waals surface area contributed by atoms with Crippen LogP contribution >= 0.6 is 38.5 Å². The minimum absolute atomic E-state index is 0.0890. The van der Waals surface area contributed by atoms with Crippen molar-refractivity contribution in [3.8, 4) is 0 Å². The van der Waals surface area contributed by atoms with E-state index in [4.69, 9.17) is 4.74 Å². The van der Waals surface area contributed by atoms with Crippen LogP contribution < -0.4 is 5.32 Å². The van der Waals surface area contributed by atoms with Gasteiger partial charge in [-0.3, -0.25) is 5.32 Å². The first-order chi connectivity index (χ1) is 7.70. The number of hydrogen-bond donors (Lipinski definition) is 1. The lowest BCUT2D eigenvalue weighted by Crippen LogP contribution is -2.27. The van der Waals surface area contributed by atoms with E-state index < -0.39 is 17.5 Å². The molecule has 0 aliphatic heterocycles. The average molecular weight is 416 g/mol. The van der Waals surface area contributed by atoms with Crippen LogP contribution in [0.1, 0.15) is 20.8 Å². The van der Waals surface area contributed by atoms with Crippen LogP contribution in [0.15, 0.2) is 16.6 Å². The van der Waals surface area contributed by atoms with Gasteiger partial charge in [0.2, 0.25) is 0 Å². The van der Waals surface area contributed by atoms with Crippen molar-refractivity contribution >= 4 is 50.3 Å². The van der Waals surface area contributed by atoms with E-state index in [1.54, 1.807) is 32.9 Å². The Bertz CT molecular complexity index is 446. The topological polar surface area (TPSA) is 38.3 Å². The molecule has 0 saturated carbocycles. The van der Waals surface area contributed by atoms with Crippen molar-refractivity contribution < 1.29 is 13.9 Å². The zero-order valence-corrected chi connectivity index (χ0v) is 13.3. The van der Waals surface area contributed by atoms with Crippen molar-refractivity contribution in [1.29, 1.82) is 0 Å². The van der Waals surface area contributed by atoms with E-state index >= 15 is 0 Å². The Labute approximate surface area is 121 Å². The number of amides is 1. The van der Waals surface area contributed by atoms with Gasteiger partial charge in [-0.1, -0.05) is 0 Å². The van der Waals surface area contributed by atoms with Crippen LogP contribution in [-0.4, -0.2) is 11.7 Å². The second-order valence-corrected chi connectivity index (χ2v) is 6.36. The molecular weight excluding hydrogens is 404 g/mol. The van der Waals surface area contributed by atoms with Gasteiger partial charge in [0.25, 0.3) is 0 Å². The van der Waals surface area contributed by atoms with Crippen LogP contribution in [0.4, 0.5) is 14.9 Å². The third kappa shape index (κ3) is 4.42. The van der Waals surface area contributed by atoms with Crippen LogP contribution in [0.5, 0.6) is 0 Å². The molecule has 0 aliphatic carbocycles. The van der Waals surface area contributed by atoms with Crippen LogP contribution in [0.25, 0.3) is 0 Å². The standard InChI is InChI=1S/C11H12BrFINO2/c1-11(2,3)17-10(16)15-9-6(12)4-5-7(14)8(9)13/h4-5H,1-3H3,(H,15,16). The highest BCUT2D eigenvalue weighted by atomic mass is 127. The molecule has 0 bridgehead atoms. The largest absolute Gasteiger partial charge is 0.444 e. The predicted molar refractivity (Wildman–Crippen MR) is 76.7 cm³/mol. The lowest BCUT2D eigenvalue weighted by atomic mass is 10.2. The first-order valence-corrected chi connectivity index (χ1v) is 6.71. The first-order valence-electron chi connectivity index (χ1n) is 4.84. The van der Waals surface area contributed by atoms with E-state index in [0.717, 1.165) is 0 Å². The van der Waals surface area contributed by atoms with Crippen LogP contribution in [0.2, 0.25) is 0 Å². The highest BCUT2D eigenvalue weighted by Gasteiger charge is 2.19. The molecule has 0 radical (unpaired) electrons. The molecule has 6 heteroatoms. The van der Waals surface area contributed by atoms with Gasteiger partial charge in [0.1, 0.15) is 5.60 Å². The molecule has 1 aromatic rings. The van der Waals surface area contributed by atoms with Crippen molar-refractivity contribution in [2.75, 3.05) is 5.32 Å². The summed E-state index contributed by atoms with van der Waals surface area (Å²) in [7, 11) is 0. The molecule has 94 valence electrons. The smallest absolute Gasteiger partial charge is 0.412 e. The van der Waals surface area contributed by atoms with Crippen molar-refractivity contribution in [2.24, 2.45) is 0 Å². The lowest BCUT2D eigenvalue weighted by molar-refractivity contribution is 0.0635. The summed E-state index contributed by atoms with van der Waals surface area (Å²) in [6, 6.07) is 3.28. The number of benzene rings is 1. The molecular formula is C11H12BrFINO2. The molecule has 0 heterocycles. The molecule has 0 spiro atoms. The summed E-state index contributed by atoms with van der Waals surface area (Å²) in [5.74, 6) is -0.481. The molecule has 0 fully saturated rings. The third-order valence-corrected chi connectivity index (χ3v) is 3.16. The van der Waals surface area contributed by atoms with Gasteiger partial charge in [0.15, 0.2) is 5.82 Å². The van der Waals surface area contributed by atoms with Gasteiger partial charge >= 0.3 is 6.09 Å². The Morgan fingerprint density at radius 3 is 2.59 bits per heavy atom. The summed E-state index contributed by atoms with van der Waals surface area (Å²) in [5, 5.41) is 2.39. The third-order valence-electron chi connectivity index (χ3n) is 1.67. The molecule has 17 heavy (non-hydrogen) atoms.